The van der Waals surface area contributed by atoms with E-state index >= 15 is 0 Å². The van der Waals surface area contributed by atoms with Gasteiger partial charge in [0.05, 0.1) is 14.2 Å². The van der Waals surface area contributed by atoms with Crippen LogP contribution >= 0.6 is 11.6 Å². The summed E-state index contributed by atoms with van der Waals surface area (Å²) in [6.45, 7) is 4.99. The smallest absolute Gasteiger partial charge is 0.277 e. The average molecular weight is 392 g/mol. The number of benzene rings is 2. The topological polar surface area (TPSA) is 55.4 Å². The average Bonchev–Trinajstić information content (AvgIpc) is 2.67. The summed E-state index contributed by atoms with van der Waals surface area (Å²) in [6.07, 6.45) is 0. The molecule has 2 aromatic carbocycles. The number of ether oxygens (including phenoxy) is 2. The molecule has 2 rings (SSSR count). The molecule has 0 unspecified atom stereocenters. The van der Waals surface area contributed by atoms with E-state index < -0.39 is 0 Å². The molecule has 2 aromatic rings. The van der Waals surface area contributed by atoms with E-state index in [0.717, 1.165) is 16.7 Å². The zero-order valence-corrected chi connectivity index (χ0v) is 17.3. The molecule has 0 fully saturated rings. The molecule has 1 amide bonds. The molecule has 0 aliphatic carbocycles. The van der Waals surface area contributed by atoms with Crippen molar-refractivity contribution < 1.29 is 19.6 Å². The van der Waals surface area contributed by atoms with Gasteiger partial charge in [-0.3, -0.25) is 4.79 Å². The van der Waals surface area contributed by atoms with Crippen molar-refractivity contribution in [2.75, 3.05) is 27.8 Å². The van der Waals surface area contributed by atoms with Gasteiger partial charge in [-0.2, -0.15) is 0 Å². The molecule has 0 heterocycles. The number of likely N-dealkylation sites (N-methyl/N-ethyl adjacent to an activating group) is 1. The van der Waals surface area contributed by atoms with E-state index in [1.807, 2.05) is 55.7 Å². The highest BCUT2D eigenvalue weighted by Crippen LogP contribution is 2.30. The summed E-state index contributed by atoms with van der Waals surface area (Å²) in [4.78, 5) is 14.3. The summed E-state index contributed by atoms with van der Waals surface area (Å²) in [7, 11) is 5.04. The van der Waals surface area contributed by atoms with Crippen molar-refractivity contribution in [3.05, 3.63) is 58.1 Å². The Balaban J connectivity index is 1.96. The van der Waals surface area contributed by atoms with Crippen LogP contribution < -0.4 is 14.8 Å². The van der Waals surface area contributed by atoms with Gasteiger partial charge >= 0.3 is 0 Å². The molecule has 0 aromatic heterocycles. The van der Waals surface area contributed by atoms with E-state index in [1.54, 1.807) is 19.1 Å². The normalized spacial score (nSPS) is 11.8. The largest absolute Gasteiger partial charge is 0.493 e. The number of hydrogen-bond acceptors (Lipinski definition) is 3. The number of halogens is 1. The first-order valence-corrected chi connectivity index (χ1v) is 9.27. The fraction of sp³-hybridized carbons (Fsp3) is 0.381. The van der Waals surface area contributed by atoms with Gasteiger partial charge in [-0.05, 0) is 49.2 Å². The molecule has 0 aliphatic rings. The maximum absolute atomic E-state index is 12.5. The molecule has 0 saturated heterocycles. The van der Waals surface area contributed by atoms with Gasteiger partial charge in [0.1, 0.15) is 6.04 Å². The minimum absolute atomic E-state index is 0.0741. The van der Waals surface area contributed by atoms with Crippen LogP contribution in [0.25, 0.3) is 0 Å². The van der Waals surface area contributed by atoms with Crippen LogP contribution in [-0.2, 0) is 11.3 Å². The van der Waals surface area contributed by atoms with Gasteiger partial charge in [-0.15, -0.1) is 0 Å². The van der Waals surface area contributed by atoms with Gasteiger partial charge in [0.2, 0.25) is 0 Å². The summed E-state index contributed by atoms with van der Waals surface area (Å²) in [5, 5.41) is 2.75. The first kappa shape index (κ1) is 21.1. The predicted octanol–water partition coefficient (Wildman–Crippen LogP) is 2.95. The second kappa shape index (κ2) is 9.62. The summed E-state index contributed by atoms with van der Waals surface area (Å²) in [5.41, 5.74) is 3.24. The SMILES string of the molecule is COc1cc(C)c(CN(C)C(=O)C[NH2+][C@H](C)c2ccc(Cl)cc2)cc1OC. The number of hydrogen-bond donors (Lipinski definition) is 1. The predicted molar refractivity (Wildman–Crippen MR) is 107 cm³/mol. The van der Waals surface area contributed by atoms with Gasteiger partial charge in [-0.1, -0.05) is 23.7 Å². The molecular formula is C21H28ClN2O3+. The Labute approximate surface area is 166 Å². The second-order valence-electron chi connectivity index (χ2n) is 6.66. The number of carbonyl (C=O) groups excluding carboxylic acids is 1. The van der Waals surface area contributed by atoms with Gasteiger partial charge in [-0.25, -0.2) is 0 Å². The number of carbonyl (C=O) groups is 1. The van der Waals surface area contributed by atoms with Crippen molar-refractivity contribution in [2.24, 2.45) is 0 Å². The van der Waals surface area contributed by atoms with Crippen LogP contribution in [0.3, 0.4) is 0 Å². The molecular weight excluding hydrogens is 364 g/mol. The number of aryl methyl sites for hydroxylation is 1. The standard InChI is InChI=1S/C21H27ClN2O3/c1-14-10-19(26-4)20(27-5)11-17(14)13-24(3)21(25)12-23-15(2)16-6-8-18(22)9-7-16/h6-11,15,23H,12-13H2,1-5H3/p+1/t15-/m1/s1. The van der Waals surface area contributed by atoms with Gasteiger partial charge in [0.25, 0.3) is 5.91 Å². The fourth-order valence-electron chi connectivity index (χ4n) is 2.87. The Kier molecular flexibility index (Phi) is 7.51. The van der Waals surface area contributed by atoms with Gasteiger partial charge < -0.3 is 19.7 Å². The lowest BCUT2D eigenvalue weighted by Gasteiger charge is -2.20. The molecule has 0 spiro atoms. The first-order valence-electron chi connectivity index (χ1n) is 8.90. The van der Waals surface area contributed by atoms with E-state index in [9.17, 15) is 4.79 Å². The highest BCUT2D eigenvalue weighted by molar-refractivity contribution is 6.30. The van der Waals surface area contributed by atoms with Crippen LogP contribution in [0.2, 0.25) is 5.02 Å². The molecule has 1 atom stereocenters. The molecule has 146 valence electrons. The monoisotopic (exact) mass is 391 g/mol. The third-order valence-electron chi connectivity index (χ3n) is 4.72. The van der Waals surface area contributed by atoms with E-state index in [-0.39, 0.29) is 11.9 Å². The Morgan fingerprint density at radius 2 is 1.74 bits per heavy atom. The molecule has 5 nitrogen and oxygen atoms in total. The zero-order chi connectivity index (χ0) is 20.0. The lowest BCUT2D eigenvalue weighted by Crippen LogP contribution is -2.86. The minimum Gasteiger partial charge on any atom is -0.493 e. The van der Waals surface area contributed by atoms with Crippen molar-refractivity contribution in [1.29, 1.82) is 0 Å². The van der Waals surface area contributed by atoms with Gasteiger partial charge in [0, 0.05) is 24.2 Å². The second-order valence-corrected chi connectivity index (χ2v) is 7.10. The molecule has 6 heteroatoms. The van der Waals surface area contributed by atoms with E-state index in [0.29, 0.717) is 29.6 Å². The van der Waals surface area contributed by atoms with Crippen LogP contribution in [0.4, 0.5) is 0 Å². The number of nitrogens with zero attached hydrogens (tertiary/aromatic N) is 1. The fourth-order valence-corrected chi connectivity index (χ4v) is 3.00. The Bertz CT molecular complexity index is 778. The molecule has 2 N–H and O–H groups in total. The summed E-state index contributed by atoms with van der Waals surface area (Å²) in [6, 6.07) is 11.8. The highest BCUT2D eigenvalue weighted by Gasteiger charge is 2.17. The first-order chi connectivity index (χ1) is 12.8. The highest BCUT2D eigenvalue weighted by atomic mass is 35.5. The van der Waals surface area contributed by atoms with Crippen LogP contribution in [0.15, 0.2) is 36.4 Å². The molecule has 0 radical (unpaired) electrons. The van der Waals surface area contributed by atoms with Crippen molar-refractivity contribution in [2.45, 2.75) is 26.4 Å². The number of quaternary nitrogens is 1. The third-order valence-corrected chi connectivity index (χ3v) is 4.97. The minimum atomic E-state index is 0.0741. The summed E-state index contributed by atoms with van der Waals surface area (Å²) >= 11 is 5.93. The van der Waals surface area contributed by atoms with E-state index in [1.165, 1.54) is 0 Å². The van der Waals surface area contributed by atoms with E-state index in [4.69, 9.17) is 21.1 Å². The number of amides is 1. The lowest BCUT2D eigenvalue weighted by atomic mass is 10.1. The van der Waals surface area contributed by atoms with Crippen molar-refractivity contribution in [3.63, 3.8) is 0 Å². The Morgan fingerprint density at radius 3 is 2.33 bits per heavy atom. The van der Waals surface area contributed by atoms with Crippen molar-refractivity contribution in [3.8, 4) is 11.5 Å². The maximum atomic E-state index is 12.5. The van der Waals surface area contributed by atoms with Crippen molar-refractivity contribution in [1.82, 2.24) is 4.90 Å². The Morgan fingerprint density at radius 1 is 1.15 bits per heavy atom. The van der Waals surface area contributed by atoms with E-state index in [2.05, 4.69) is 6.92 Å². The molecule has 27 heavy (non-hydrogen) atoms. The third kappa shape index (κ3) is 5.62. The molecule has 0 aliphatic heterocycles. The van der Waals surface area contributed by atoms with Crippen molar-refractivity contribution >= 4 is 17.5 Å². The van der Waals surface area contributed by atoms with Gasteiger partial charge in [0.15, 0.2) is 18.0 Å². The number of rotatable bonds is 8. The number of nitrogens with two attached hydrogens (primary N) is 1. The summed E-state index contributed by atoms with van der Waals surface area (Å²) < 4.78 is 10.7. The maximum Gasteiger partial charge on any atom is 0.277 e. The van der Waals surface area contributed by atoms with Crippen LogP contribution in [0.5, 0.6) is 11.5 Å². The van der Waals surface area contributed by atoms with Crippen LogP contribution in [0.1, 0.15) is 29.7 Å². The molecule has 0 bridgehead atoms. The molecule has 0 saturated carbocycles. The zero-order valence-electron chi connectivity index (χ0n) is 16.6. The summed E-state index contributed by atoms with van der Waals surface area (Å²) in [5.74, 6) is 1.43. The lowest BCUT2D eigenvalue weighted by molar-refractivity contribution is -0.683. The Hall–Kier alpha value is -2.24. The quantitative estimate of drug-likeness (QED) is 0.752. The van der Waals surface area contributed by atoms with Crippen LogP contribution in [-0.4, -0.2) is 38.6 Å². The van der Waals surface area contributed by atoms with Crippen LogP contribution in [0, 0.1) is 6.92 Å². The number of methoxy groups -OCH3 is 2.